The van der Waals surface area contributed by atoms with Crippen LogP contribution in [0.25, 0.3) is 0 Å². The Kier molecular flexibility index (Phi) is 4.04. The van der Waals surface area contributed by atoms with Crippen LogP contribution in [0.1, 0.15) is 52.6 Å². The Labute approximate surface area is 129 Å². The van der Waals surface area contributed by atoms with Crippen molar-refractivity contribution in [1.29, 1.82) is 0 Å². The van der Waals surface area contributed by atoms with E-state index in [1.807, 2.05) is 18.2 Å². The summed E-state index contributed by atoms with van der Waals surface area (Å²) >= 11 is 0. The lowest BCUT2D eigenvalue weighted by Gasteiger charge is -2.19. The Bertz CT molecular complexity index is 739. The molecule has 0 heterocycles. The summed E-state index contributed by atoms with van der Waals surface area (Å²) in [5.41, 5.74) is 1.39. The molecule has 0 amide bonds. The molecule has 0 aromatic heterocycles. The Balaban J connectivity index is 2.45. The third-order valence-electron chi connectivity index (χ3n) is 3.48. The quantitative estimate of drug-likeness (QED) is 0.849. The first kappa shape index (κ1) is 15.8. The van der Waals surface area contributed by atoms with E-state index in [1.165, 1.54) is 18.2 Å². The molecule has 0 aliphatic rings. The number of carbonyl (C=O) groups is 2. The fourth-order valence-electron chi connectivity index (χ4n) is 2.14. The van der Waals surface area contributed by atoms with Crippen LogP contribution in [0.5, 0.6) is 5.75 Å². The molecule has 0 aliphatic carbocycles. The molecule has 114 valence electrons. The van der Waals surface area contributed by atoms with Gasteiger partial charge in [-0.05, 0) is 35.2 Å². The van der Waals surface area contributed by atoms with Crippen LogP contribution in [-0.4, -0.2) is 22.0 Å². The van der Waals surface area contributed by atoms with Crippen molar-refractivity contribution in [1.82, 2.24) is 0 Å². The lowest BCUT2D eigenvalue weighted by Crippen LogP contribution is -2.12. The van der Waals surface area contributed by atoms with Gasteiger partial charge in [-0.25, -0.2) is 4.79 Å². The molecular weight excluding hydrogens is 280 g/mol. The average molecular weight is 298 g/mol. The number of hydrogen-bond donors (Lipinski definition) is 2. The Hall–Kier alpha value is -2.62. The van der Waals surface area contributed by atoms with Gasteiger partial charge < -0.3 is 10.2 Å². The van der Waals surface area contributed by atoms with Crippen LogP contribution in [0.3, 0.4) is 0 Å². The first-order valence-electron chi connectivity index (χ1n) is 6.91. The molecule has 0 aliphatic heterocycles. The molecule has 2 aromatic carbocycles. The van der Waals surface area contributed by atoms with Gasteiger partial charge in [0, 0.05) is 11.1 Å². The van der Waals surface area contributed by atoms with E-state index in [4.69, 9.17) is 5.11 Å². The van der Waals surface area contributed by atoms with Crippen LogP contribution in [0.4, 0.5) is 0 Å². The lowest BCUT2D eigenvalue weighted by molar-refractivity contribution is 0.0693. The highest BCUT2D eigenvalue weighted by Crippen LogP contribution is 2.25. The summed E-state index contributed by atoms with van der Waals surface area (Å²) in [7, 11) is 0. The first-order chi connectivity index (χ1) is 10.2. The molecule has 0 spiro atoms. The van der Waals surface area contributed by atoms with Crippen LogP contribution in [0.2, 0.25) is 0 Å². The van der Waals surface area contributed by atoms with E-state index in [0.29, 0.717) is 5.56 Å². The molecular formula is C18H18O4. The second-order valence-corrected chi connectivity index (χ2v) is 6.20. The molecule has 0 fully saturated rings. The number of aromatic carboxylic acids is 1. The monoisotopic (exact) mass is 298 g/mol. The molecule has 22 heavy (non-hydrogen) atoms. The molecule has 2 aromatic rings. The lowest BCUT2D eigenvalue weighted by atomic mass is 9.85. The molecule has 0 saturated carbocycles. The topological polar surface area (TPSA) is 74.6 Å². The minimum atomic E-state index is -1.27. The SMILES string of the molecule is CC(C)(C)c1cccc(C(=O)c2ccc(O)c(C(=O)O)c2)c1. The minimum Gasteiger partial charge on any atom is -0.507 e. The summed E-state index contributed by atoms with van der Waals surface area (Å²) in [5.74, 6) is -1.89. The average Bonchev–Trinajstić information content (AvgIpc) is 2.46. The maximum atomic E-state index is 12.5. The number of carboxylic acids is 1. The number of rotatable bonds is 3. The van der Waals surface area contributed by atoms with E-state index in [9.17, 15) is 14.7 Å². The van der Waals surface area contributed by atoms with Crippen molar-refractivity contribution in [2.45, 2.75) is 26.2 Å². The Morgan fingerprint density at radius 1 is 0.955 bits per heavy atom. The zero-order valence-corrected chi connectivity index (χ0v) is 12.8. The number of hydrogen-bond acceptors (Lipinski definition) is 3. The van der Waals surface area contributed by atoms with Crippen LogP contribution < -0.4 is 0 Å². The molecule has 2 rings (SSSR count). The van der Waals surface area contributed by atoms with E-state index < -0.39 is 5.97 Å². The Morgan fingerprint density at radius 2 is 1.59 bits per heavy atom. The first-order valence-corrected chi connectivity index (χ1v) is 6.91. The molecule has 0 saturated heterocycles. The van der Waals surface area contributed by atoms with Gasteiger partial charge in [0.25, 0.3) is 0 Å². The van der Waals surface area contributed by atoms with Crippen LogP contribution in [0.15, 0.2) is 42.5 Å². The van der Waals surface area contributed by atoms with E-state index >= 15 is 0 Å². The molecule has 0 atom stereocenters. The highest BCUT2D eigenvalue weighted by Gasteiger charge is 2.18. The minimum absolute atomic E-state index is 0.0858. The normalized spacial score (nSPS) is 11.2. The van der Waals surface area contributed by atoms with Gasteiger partial charge in [0.1, 0.15) is 11.3 Å². The molecule has 0 radical (unpaired) electrons. The van der Waals surface area contributed by atoms with Gasteiger partial charge in [-0.1, -0.05) is 39.0 Å². The second-order valence-electron chi connectivity index (χ2n) is 6.20. The van der Waals surface area contributed by atoms with Crippen LogP contribution >= 0.6 is 0 Å². The standard InChI is InChI=1S/C18H18O4/c1-18(2,3)13-6-4-5-11(9-13)16(20)12-7-8-15(19)14(10-12)17(21)22/h4-10,19H,1-3H3,(H,21,22). The van der Waals surface area contributed by atoms with Crippen molar-refractivity contribution in [2.24, 2.45) is 0 Å². The van der Waals surface area contributed by atoms with Crippen molar-refractivity contribution >= 4 is 11.8 Å². The summed E-state index contributed by atoms with van der Waals surface area (Å²) in [6.45, 7) is 6.17. The number of phenols is 1. The molecule has 4 nitrogen and oxygen atoms in total. The van der Waals surface area contributed by atoms with Crippen molar-refractivity contribution in [3.63, 3.8) is 0 Å². The maximum absolute atomic E-state index is 12.5. The largest absolute Gasteiger partial charge is 0.507 e. The van der Waals surface area contributed by atoms with E-state index in [-0.39, 0.29) is 28.1 Å². The smallest absolute Gasteiger partial charge is 0.339 e. The number of benzene rings is 2. The van der Waals surface area contributed by atoms with Gasteiger partial charge in [-0.2, -0.15) is 0 Å². The third-order valence-corrected chi connectivity index (χ3v) is 3.48. The van der Waals surface area contributed by atoms with Crippen molar-refractivity contribution in [2.75, 3.05) is 0 Å². The highest BCUT2D eigenvalue weighted by molar-refractivity contribution is 6.10. The van der Waals surface area contributed by atoms with Gasteiger partial charge in [0.15, 0.2) is 5.78 Å². The summed E-state index contributed by atoms with van der Waals surface area (Å²) in [6.07, 6.45) is 0. The molecule has 0 unspecified atom stereocenters. The fraction of sp³-hybridized carbons (Fsp3) is 0.222. The van der Waals surface area contributed by atoms with Crippen molar-refractivity contribution < 1.29 is 19.8 Å². The zero-order valence-electron chi connectivity index (χ0n) is 12.8. The Morgan fingerprint density at radius 3 is 2.18 bits per heavy atom. The van der Waals surface area contributed by atoms with Gasteiger partial charge >= 0.3 is 5.97 Å². The predicted octanol–water partition coefficient (Wildman–Crippen LogP) is 3.62. The van der Waals surface area contributed by atoms with Crippen LogP contribution in [0, 0.1) is 0 Å². The van der Waals surface area contributed by atoms with Crippen LogP contribution in [-0.2, 0) is 5.41 Å². The van der Waals surface area contributed by atoms with Gasteiger partial charge in [0.05, 0.1) is 0 Å². The van der Waals surface area contributed by atoms with E-state index in [1.54, 1.807) is 6.07 Å². The fourth-order valence-corrected chi connectivity index (χ4v) is 2.14. The van der Waals surface area contributed by atoms with Gasteiger partial charge in [0.2, 0.25) is 0 Å². The number of carboxylic acid groups (broad SMARTS) is 1. The predicted molar refractivity (Wildman–Crippen MR) is 83.6 cm³/mol. The zero-order chi connectivity index (χ0) is 16.5. The summed E-state index contributed by atoms with van der Waals surface area (Å²) < 4.78 is 0. The van der Waals surface area contributed by atoms with E-state index in [2.05, 4.69) is 20.8 Å². The maximum Gasteiger partial charge on any atom is 0.339 e. The number of aromatic hydroxyl groups is 1. The summed E-state index contributed by atoms with van der Waals surface area (Å²) in [4.78, 5) is 23.6. The summed E-state index contributed by atoms with van der Waals surface area (Å²) in [5, 5.41) is 18.5. The van der Waals surface area contributed by atoms with E-state index in [0.717, 1.165) is 5.56 Å². The second kappa shape index (κ2) is 5.64. The molecule has 0 bridgehead atoms. The van der Waals surface area contributed by atoms with Gasteiger partial charge in [-0.15, -0.1) is 0 Å². The van der Waals surface area contributed by atoms with Crippen molar-refractivity contribution in [3.8, 4) is 5.75 Å². The van der Waals surface area contributed by atoms with Crippen molar-refractivity contribution in [3.05, 3.63) is 64.7 Å². The molecule has 4 heteroatoms. The molecule has 2 N–H and O–H groups in total. The highest BCUT2D eigenvalue weighted by atomic mass is 16.4. The third kappa shape index (κ3) is 3.17. The number of carbonyl (C=O) groups excluding carboxylic acids is 1. The summed E-state index contributed by atoms with van der Waals surface area (Å²) in [6, 6.07) is 11.1. The van der Waals surface area contributed by atoms with Gasteiger partial charge in [-0.3, -0.25) is 4.79 Å². The number of ketones is 1.